The van der Waals surface area contributed by atoms with Crippen LogP contribution < -0.4 is 0 Å². The summed E-state index contributed by atoms with van der Waals surface area (Å²) in [6.45, 7) is 0. The molecule has 0 aliphatic rings. The van der Waals surface area contributed by atoms with Crippen molar-refractivity contribution in [2.45, 2.75) is 6.43 Å². The van der Waals surface area contributed by atoms with Gasteiger partial charge >= 0.3 is 0 Å². The normalized spacial score (nSPS) is 10.8. The summed E-state index contributed by atoms with van der Waals surface area (Å²) in [6, 6.07) is 2.90. The van der Waals surface area contributed by atoms with Crippen LogP contribution in [-0.2, 0) is 0 Å². The molecule has 1 aromatic rings. The zero-order valence-electron chi connectivity index (χ0n) is 5.62. The number of hydrogen-bond acceptors (Lipinski definition) is 0. The molecule has 5 heteroatoms. The SMILES string of the molecule is FC(F)c1c(Br)ccc(Cl)c1Cl. The lowest BCUT2D eigenvalue weighted by Gasteiger charge is -2.06. The molecule has 0 radical (unpaired) electrons. The molecule has 0 N–H and O–H groups in total. The fourth-order valence-corrected chi connectivity index (χ4v) is 1.77. The predicted molar refractivity (Wildman–Crippen MR) is 49.1 cm³/mol. The molecule has 0 nitrogen and oxygen atoms in total. The van der Waals surface area contributed by atoms with Crippen molar-refractivity contribution in [3.8, 4) is 0 Å². The van der Waals surface area contributed by atoms with E-state index in [1.807, 2.05) is 0 Å². The minimum Gasteiger partial charge on any atom is -0.205 e. The maximum Gasteiger partial charge on any atom is 0.266 e. The summed E-state index contributed by atoms with van der Waals surface area (Å²) < 4.78 is 24.9. The Balaban J connectivity index is 3.33. The molecule has 0 aromatic heterocycles. The van der Waals surface area contributed by atoms with Crippen LogP contribution in [0.4, 0.5) is 8.78 Å². The van der Waals surface area contributed by atoms with E-state index >= 15 is 0 Å². The minimum absolute atomic E-state index is 0.0963. The Labute approximate surface area is 86.6 Å². The summed E-state index contributed by atoms with van der Waals surface area (Å²) in [6.07, 6.45) is -2.62. The van der Waals surface area contributed by atoms with Crippen molar-refractivity contribution in [3.63, 3.8) is 0 Å². The lowest BCUT2D eigenvalue weighted by atomic mass is 10.2. The topological polar surface area (TPSA) is 0 Å². The first-order chi connectivity index (χ1) is 5.54. The van der Waals surface area contributed by atoms with Gasteiger partial charge in [0.05, 0.1) is 15.6 Å². The van der Waals surface area contributed by atoms with E-state index in [4.69, 9.17) is 23.2 Å². The van der Waals surface area contributed by atoms with Crippen LogP contribution in [0.25, 0.3) is 0 Å². The highest BCUT2D eigenvalue weighted by Gasteiger charge is 2.17. The van der Waals surface area contributed by atoms with Crippen molar-refractivity contribution in [1.82, 2.24) is 0 Å². The zero-order valence-corrected chi connectivity index (χ0v) is 8.72. The van der Waals surface area contributed by atoms with E-state index in [9.17, 15) is 8.78 Å². The van der Waals surface area contributed by atoms with Crippen molar-refractivity contribution in [2.24, 2.45) is 0 Å². The van der Waals surface area contributed by atoms with E-state index in [0.717, 1.165) is 0 Å². The monoisotopic (exact) mass is 274 g/mol. The van der Waals surface area contributed by atoms with Gasteiger partial charge in [-0.1, -0.05) is 39.1 Å². The van der Waals surface area contributed by atoms with E-state index < -0.39 is 6.43 Å². The summed E-state index contributed by atoms with van der Waals surface area (Å²) in [5.41, 5.74) is -0.260. The molecule has 0 unspecified atom stereocenters. The molecular formula is C7H3BrCl2F2. The average molecular weight is 276 g/mol. The van der Waals surface area contributed by atoms with Gasteiger partial charge < -0.3 is 0 Å². The van der Waals surface area contributed by atoms with E-state index in [1.54, 1.807) is 0 Å². The Kier molecular flexibility index (Phi) is 3.32. The van der Waals surface area contributed by atoms with Gasteiger partial charge in [-0.05, 0) is 12.1 Å². The van der Waals surface area contributed by atoms with E-state index in [-0.39, 0.29) is 20.1 Å². The number of rotatable bonds is 1. The van der Waals surface area contributed by atoms with Crippen LogP contribution in [0.15, 0.2) is 16.6 Å². The number of alkyl halides is 2. The summed E-state index contributed by atoms with van der Waals surface area (Å²) in [7, 11) is 0. The van der Waals surface area contributed by atoms with Crippen molar-refractivity contribution >= 4 is 39.1 Å². The molecule has 12 heavy (non-hydrogen) atoms. The maximum atomic E-state index is 12.3. The van der Waals surface area contributed by atoms with Crippen molar-refractivity contribution < 1.29 is 8.78 Å². The Morgan fingerprint density at radius 3 is 2.25 bits per heavy atom. The summed E-state index contributed by atoms with van der Waals surface area (Å²) in [5.74, 6) is 0. The molecule has 0 amide bonds. The van der Waals surface area contributed by atoms with Gasteiger partial charge in [0.1, 0.15) is 0 Å². The molecule has 0 atom stereocenters. The Morgan fingerprint density at radius 1 is 1.25 bits per heavy atom. The lowest BCUT2D eigenvalue weighted by Crippen LogP contribution is -1.88. The van der Waals surface area contributed by atoms with Gasteiger partial charge in [0, 0.05) is 4.47 Å². The third-order valence-corrected chi connectivity index (χ3v) is 2.81. The molecule has 0 fully saturated rings. The van der Waals surface area contributed by atoms with E-state index in [2.05, 4.69) is 15.9 Å². The molecule has 0 aliphatic carbocycles. The Bertz CT molecular complexity index is 302. The molecule has 66 valence electrons. The van der Waals surface area contributed by atoms with Gasteiger partial charge in [-0.25, -0.2) is 8.78 Å². The second-order valence-corrected chi connectivity index (χ2v) is 3.70. The van der Waals surface area contributed by atoms with Gasteiger partial charge in [0.2, 0.25) is 0 Å². The zero-order chi connectivity index (χ0) is 9.30. The largest absolute Gasteiger partial charge is 0.266 e. The molecule has 1 rings (SSSR count). The van der Waals surface area contributed by atoms with E-state index in [0.29, 0.717) is 0 Å². The molecular weight excluding hydrogens is 273 g/mol. The van der Waals surface area contributed by atoms with E-state index in [1.165, 1.54) is 12.1 Å². The van der Waals surface area contributed by atoms with Crippen LogP contribution in [0.3, 0.4) is 0 Å². The van der Waals surface area contributed by atoms with Gasteiger partial charge in [0.25, 0.3) is 6.43 Å². The van der Waals surface area contributed by atoms with Gasteiger partial charge in [-0.2, -0.15) is 0 Å². The molecule has 0 bridgehead atoms. The number of benzene rings is 1. The average Bonchev–Trinajstić information content (AvgIpc) is 1.97. The molecule has 0 aliphatic heterocycles. The first kappa shape index (κ1) is 10.2. The highest BCUT2D eigenvalue weighted by molar-refractivity contribution is 9.10. The van der Waals surface area contributed by atoms with Crippen molar-refractivity contribution in [2.75, 3.05) is 0 Å². The summed E-state index contributed by atoms with van der Waals surface area (Å²) in [5, 5.41) is 0.0382. The molecule has 0 saturated heterocycles. The lowest BCUT2D eigenvalue weighted by molar-refractivity contribution is 0.150. The maximum absolute atomic E-state index is 12.3. The fourth-order valence-electron chi connectivity index (χ4n) is 0.743. The molecule has 0 heterocycles. The summed E-state index contributed by atoms with van der Waals surface area (Å²) in [4.78, 5) is 0. The molecule has 0 spiro atoms. The second-order valence-electron chi connectivity index (χ2n) is 2.06. The smallest absolute Gasteiger partial charge is 0.205 e. The van der Waals surface area contributed by atoms with Gasteiger partial charge in [-0.15, -0.1) is 0 Å². The first-order valence-corrected chi connectivity index (χ1v) is 4.50. The van der Waals surface area contributed by atoms with Crippen LogP contribution in [-0.4, -0.2) is 0 Å². The quantitative estimate of drug-likeness (QED) is 0.652. The Morgan fingerprint density at radius 2 is 1.83 bits per heavy atom. The second kappa shape index (κ2) is 3.90. The fraction of sp³-hybridized carbons (Fsp3) is 0.143. The van der Waals surface area contributed by atoms with Crippen LogP contribution in [0.5, 0.6) is 0 Å². The standard InChI is InChI=1S/C7H3BrCl2F2/c8-3-1-2-4(9)6(10)5(3)7(11)12/h1-2,7H. The van der Waals surface area contributed by atoms with Gasteiger partial charge in [-0.3, -0.25) is 0 Å². The van der Waals surface area contributed by atoms with Crippen LogP contribution in [0.2, 0.25) is 10.0 Å². The summed E-state index contributed by atoms with van der Waals surface area (Å²) >= 11 is 14.1. The van der Waals surface area contributed by atoms with Crippen LogP contribution in [0.1, 0.15) is 12.0 Å². The minimum atomic E-state index is -2.62. The highest BCUT2D eigenvalue weighted by atomic mass is 79.9. The van der Waals surface area contributed by atoms with Crippen molar-refractivity contribution in [1.29, 1.82) is 0 Å². The first-order valence-electron chi connectivity index (χ1n) is 2.95. The number of halogens is 5. The third kappa shape index (κ3) is 1.90. The predicted octanol–water partition coefficient (Wildman–Crippen LogP) is 4.69. The molecule has 1 aromatic carbocycles. The third-order valence-electron chi connectivity index (χ3n) is 1.30. The van der Waals surface area contributed by atoms with Crippen molar-refractivity contribution in [3.05, 3.63) is 32.2 Å². The Hall–Kier alpha value is 0.140. The van der Waals surface area contributed by atoms with Crippen LogP contribution >= 0.6 is 39.1 Å². The van der Waals surface area contributed by atoms with Crippen LogP contribution in [0, 0.1) is 0 Å². The van der Waals surface area contributed by atoms with Gasteiger partial charge in [0.15, 0.2) is 0 Å². The number of hydrogen-bond donors (Lipinski definition) is 0. The molecule has 0 saturated carbocycles. The highest BCUT2D eigenvalue weighted by Crippen LogP contribution is 2.37.